The highest BCUT2D eigenvalue weighted by Gasteiger charge is 2.24. The molecule has 0 bridgehead atoms. The zero-order valence-corrected chi connectivity index (χ0v) is 8.95. The van der Waals surface area contributed by atoms with Crippen molar-refractivity contribution in [2.24, 2.45) is 0 Å². The summed E-state index contributed by atoms with van der Waals surface area (Å²) in [6.07, 6.45) is 2.82. The molecule has 3 nitrogen and oxygen atoms in total. The van der Waals surface area contributed by atoms with Crippen molar-refractivity contribution >= 4 is 5.82 Å². The van der Waals surface area contributed by atoms with Gasteiger partial charge >= 0.3 is 0 Å². The summed E-state index contributed by atoms with van der Waals surface area (Å²) in [6, 6.07) is 4.00. The van der Waals surface area contributed by atoms with Crippen molar-refractivity contribution in [3.63, 3.8) is 0 Å². The van der Waals surface area contributed by atoms with E-state index >= 15 is 0 Å². The summed E-state index contributed by atoms with van der Waals surface area (Å²) in [5, 5.41) is 0. The Morgan fingerprint density at radius 2 is 2.07 bits per heavy atom. The molecule has 0 atom stereocenters. The van der Waals surface area contributed by atoms with E-state index in [0.717, 1.165) is 17.3 Å². The van der Waals surface area contributed by atoms with E-state index in [2.05, 4.69) is 4.98 Å². The third kappa shape index (κ3) is 1.97. The molecular formula is C11H16N2O. The van der Waals surface area contributed by atoms with Crippen LogP contribution in [-0.4, -0.2) is 25.2 Å². The molecule has 0 aliphatic heterocycles. The lowest BCUT2D eigenvalue weighted by atomic mass is 10.3. The standard InChI is InChI=1S/C11H16N2O/c1-8-10(14-9-4-5-9)6-7-11(12-8)13(2)3/h6-7,9H,4-5H2,1-3H3. The smallest absolute Gasteiger partial charge is 0.141 e. The molecule has 3 heteroatoms. The fourth-order valence-electron chi connectivity index (χ4n) is 1.27. The van der Waals surface area contributed by atoms with E-state index in [1.54, 1.807) is 0 Å². The molecule has 1 heterocycles. The zero-order chi connectivity index (χ0) is 10.1. The molecule has 14 heavy (non-hydrogen) atoms. The molecule has 1 fully saturated rings. The molecule has 0 radical (unpaired) electrons. The lowest BCUT2D eigenvalue weighted by molar-refractivity contribution is 0.299. The second kappa shape index (κ2) is 3.48. The maximum absolute atomic E-state index is 5.71. The Morgan fingerprint density at radius 3 is 2.57 bits per heavy atom. The quantitative estimate of drug-likeness (QED) is 0.732. The fourth-order valence-corrected chi connectivity index (χ4v) is 1.27. The van der Waals surface area contributed by atoms with Crippen molar-refractivity contribution in [2.45, 2.75) is 25.9 Å². The van der Waals surface area contributed by atoms with Gasteiger partial charge in [-0.2, -0.15) is 0 Å². The monoisotopic (exact) mass is 192 g/mol. The zero-order valence-electron chi connectivity index (χ0n) is 8.95. The Bertz CT molecular complexity index is 332. The van der Waals surface area contributed by atoms with E-state index in [-0.39, 0.29) is 0 Å². The number of anilines is 1. The van der Waals surface area contributed by atoms with E-state index < -0.39 is 0 Å². The second-order valence-corrected chi connectivity index (χ2v) is 3.96. The summed E-state index contributed by atoms with van der Waals surface area (Å²) in [4.78, 5) is 6.45. The number of hydrogen-bond acceptors (Lipinski definition) is 3. The van der Waals surface area contributed by atoms with Crippen LogP contribution in [0.25, 0.3) is 0 Å². The molecule has 2 rings (SSSR count). The Morgan fingerprint density at radius 1 is 1.36 bits per heavy atom. The highest BCUT2D eigenvalue weighted by Crippen LogP contribution is 2.29. The second-order valence-electron chi connectivity index (χ2n) is 3.96. The largest absolute Gasteiger partial charge is 0.489 e. The number of hydrogen-bond donors (Lipinski definition) is 0. The van der Waals surface area contributed by atoms with Crippen LogP contribution in [0.4, 0.5) is 5.82 Å². The van der Waals surface area contributed by atoms with Crippen molar-refractivity contribution in [2.75, 3.05) is 19.0 Å². The van der Waals surface area contributed by atoms with Crippen LogP contribution in [0.5, 0.6) is 5.75 Å². The van der Waals surface area contributed by atoms with E-state index in [1.165, 1.54) is 12.8 Å². The number of aromatic nitrogens is 1. The first-order chi connectivity index (χ1) is 6.66. The summed E-state index contributed by atoms with van der Waals surface area (Å²) < 4.78 is 5.71. The molecule has 0 spiro atoms. The van der Waals surface area contributed by atoms with Crippen LogP contribution in [0.15, 0.2) is 12.1 Å². The predicted molar refractivity (Wildman–Crippen MR) is 57.0 cm³/mol. The van der Waals surface area contributed by atoms with Crippen LogP contribution in [0.2, 0.25) is 0 Å². The number of rotatable bonds is 3. The summed E-state index contributed by atoms with van der Waals surface area (Å²) in [7, 11) is 3.98. The van der Waals surface area contributed by atoms with Crippen LogP contribution in [0.3, 0.4) is 0 Å². The molecular weight excluding hydrogens is 176 g/mol. The number of ether oxygens (including phenoxy) is 1. The van der Waals surface area contributed by atoms with E-state index in [9.17, 15) is 0 Å². The van der Waals surface area contributed by atoms with Crippen molar-refractivity contribution in [1.82, 2.24) is 4.98 Å². The van der Waals surface area contributed by atoms with Crippen molar-refractivity contribution in [3.8, 4) is 5.75 Å². The fraction of sp³-hybridized carbons (Fsp3) is 0.545. The third-order valence-corrected chi connectivity index (χ3v) is 2.30. The Kier molecular flexibility index (Phi) is 2.32. The van der Waals surface area contributed by atoms with Crippen LogP contribution in [0, 0.1) is 6.92 Å². The Balaban J connectivity index is 2.17. The molecule has 0 saturated heterocycles. The summed E-state index contributed by atoms with van der Waals surface area (Å²) in [6.45, 7) is 1.99. The average molecular weight is 192 g/mol. The minimum Gasteiger partial charge on any atom is -0.489 e. The first-order valence-corrected chi connectivity index (χ1v) is 4.98. The van der Waals surface area contributed by atoms with Gasteiger partial charge in [0.1, 0.15) is 11.6 Å². The molecule has 76 valence electrons. The number of aryl methyl sites for hydroxylation is 1. The van der Waals surface area contributed by atoms with Gasteiger partial charge in [-0.1, -0.05) is 0 Å². The van der Waals surface area contributed by atoms with Gasteiger partial charge in [0.05, 0.1) is 11.8 Å². The molecule has 1 saturated carbocycles. The lowest BCUT2D eigenvalue weighted by Crippen LogP contribution is -2.11. The minimum absolute atomic E-state index is 0.445. The van der Waals surface area contributed by atoms with Crippen molar-refractivity contribution < 1.29 is 4.74 Å². The van der Waals surface area contributed by atoms with Gasteiger partial charge in [-0.3, -0.25) is 0 Å². The van der Waals surface area contributed by atoms with E-state index in [4.69, 9.17) is 4.74 Å². The lowest BCUT2D eigenvalue weighted by Gasteiger charge is -2.13. The van der Waals surface area contributed by atoms with Crippen LogP contribution >= 0.6 is 0 Å². The Hall–Kier alpha value is -1.25. The van der Waals surface area contributed by atoms with Crippen LogP contribution in [0.1, 0.15) is 18.5 Å². The van der Waals surface area contributed by atoms with Gasteiger partial charge < -0.3 is 9.64 Å². The number of pyridine rings is 1. The van der Waals surface area contributed by atoms with E-state index in [1.807, 2.05) is 38.1 Å². The van der Waals surface area contributed by atoms with Gasteiger partial charge in [0.2, 0.25) is 0 Å². The molecule has 1 aliphatic carbocycles. The maximum Gasteiger partial charge on any atom is 0.141 e. The highest BCUT2D eigenvalue weighted by molar-refractivity contribution is 5.42. The predicted octanol–water partition coefficient (Wildman–Crippen LogP) is 2.00. The molecule has 0 aromatic carbocycles. The van der Waals surface area contributed by atoms with Crippen LogP contribution in [-0.2, 0) is 0 Å². The van der Waals surface area contributed by atoms with Gasteiger partial charge in [0, 0.05) is 14.1 Å². The minimum atomic E-state index is 0.445. The summed E-state index contributed by atoms with van der Waals surface area (Å²) >= 11 is 0. The summed E-state index contributed by atoms with van der Waals surface area (Å²) in [5.74, 6) is 1.91. The first-order valence-electron chi connectivity index (χ1n) is 4.98. The SMILES string of the molecule is Cc1nc(N(C)C)ccc1OC1CC1. The molecule has 0 amide bonds. The topological polar surface area (TPSA) is 25.4 Å². The third-order valence-electron chi connectivity index (χ3n) is 2.30. The van der Waals surface area contributed by atoms with Gasteiger partial charge in [0.25, 0.3) is 0 Å². The van der Waals surface area contributed by atoms with Gasteiger partial charge in [0.15, 0.2) is 0 Å². The highest BCUT2D eigenvalue weighted by atomic mass is 16.5. The van der Waals surface area contributed by atoms with Crippen molar-refractivity contribution in [1.29, 1.82) is 0 Å². The molecule has 0 N–H and O–H groups in total. The molecule has 0 unspecified atom stereocenters. The van der Waals surface area contributed by atoms with Crippen molar-refractivity contribution in [3.05, 3.63) is 17.8 Å². The van der Waals surface area contributed by atoms with E-state index in [0.29, 0.717) is 6.10 Å². The summed E-state index contributed by atoms with van der Waals surface area (Å²) in [5.41, 5.74) is 0.975. The Labute approximate surface area is 84.7 Å². The molecule has 1 aliphatic rings. The first kappa shape index (κ1) is 9.31. The van der Waals surface area contributed by atoms with Gasteiger partial charge in [-0.15, -0.1) is 0 Å². The van der Waals surface area contributed by atoms with Gasteiger partial charge in [-0.05, 0) is 31.9 Å². The van der Waals surface area contributed by atoms with Gasteiger partial charge in [-0.25, -0.2) is 4.98 Å². The molecule has 1 aromatic rings. The average Bonchev–Trinajstić information content (AvgIpc) is 2.92. The normalized spacial score (nSPS) is 15.4. The van der Waals surface area contributed by atoms with Crippen LogP contribution < -0.4 is 9.64 Å². The molecule has 1 aromatic heterocycles. The maximum atomic E-state index is 5.71. The number of nitrogens with zero attached hydrogens (tertiary/aromatic N) is 2.